The largest absolute Gasteiger partial charge is 0.481 e. The average molecular weight is 486 g/mol. The van der Waals surface area contributed by atoms with Crippen LogP contribution in [0.4, 0.5) is 10.2 Å². The van der Waals surface area contributed by atoms with Crippen LogP contribution in [0.5, 0.6) is 5.75 Å². The van der Waals surface area contributed by atoms with E-state index < -0.39 is 5.82 Å². The molecule has 176 valence electrons. The number of halogens is 2. The molecule has 1 aliphatic carbocycles. The standard InChI is InChI=1S/C19H15ClFN7O3.C3H6/c1-9(30)27-4-10(5-27)31-19-17(21)16(20)15(11-2-24-26-18(11)19)12-6-28-7-13(23-8-29)25-14(28)3-22-12;1-2-3-1/h2-3,6-8,10H,4-5H2,1H3,(H,23,29)(H,24,26);1-3H2. The second kappa shape index (κ2) is 8.90. The SMILES string of the molecule is C1CC1.CC(=O)N1CC(Oc2c(F)c(Cl)c(-c3cn4cc(NC=O)nc4cn3)c3cn[nH]c23)C1. The minimum absolute atomic E-state index is 0.0457. The smallest absolute Gasteiger partial charge is 0.219 e. The molecule has 10 nitrogen and oxygen atoms in total. The van der Waals surface area contributed by atoms with E-state index in [0.29, 0.717) is 53.1 Å². The highest BCUT2D eigenvalue weighted by Crippen LogP contribution is 2.42. The number of carbonyl (C=O) groups is 2. The fourth-order valence-corrected chi connectivity index (χ4v) is 3.83. The van der Waals surface area contributed by atoms with Gasteiger partial charge in [-0.15, -0.1) is 0 Å². The van der Waals surface area contributed by atoms with Crippen molar-refractivity contribution in [1.82, 2.24) is 29.5 Å². The van der Waals surface area contributed by atoms with E-state index in [-0.39, 0.29) is 22.8 Å². The molecule has 4 heterocycles. The van der Waals surface area contributed by atoms with Crippen LogP contribution in [0, 0.1) is 5.82 Å². The fraction of sp³-hybridized carbons (Fsp3) is 0.318. The van der Waals surface area contributed by atoms with Gasteiger partial charge in [-0.05, 0) is 0 Å². The number of ether oxygens (including phenoxy) is 1. The number of anilines is 1. The van der Waals surface area contributed by atoms with Crippen LogP contribution < -0.4 is 10.1 Å². The lowest BCUT2D eigenvalue weighted by molar-refractivity contribution is -0.137. The van der Waals surface area contributed by atoms with Gasteiger partial charge in [0.1, 0.15) is 11.6 Å². The Kier molecular flexibility index (Phi) is 5.78. The van der Waals surface area contributed by atoms with Gasteiger partial charge in [0.25, 0.3) is 0 Å². The Labute approximate surface area is 198 Å². The molecule has 0 radical (unpaired) electrons. The van der Waals surface area contributed by atoms with E-state index in [1.165, 1.54) is 38.6 Å². The van der Waals surface area contributed by atoms with E-state index in [2.05, 4.69) is 25.5 Å². The van der Waals surface area contributed by atoms with Crippen LogP contribution in [0.3, 0.4) is 0 Å². The molecule has 1 saturated heterocycles. The van der Waals surface area contributed by atoms with E-state index in [9.17, 15) is 9.59 Å². The van der Waals surface area contributed by atoms with E-state index in [4.69, 9.17) is 16.3 Å². The number of hydrogen-bond acceptors (Lipinski definition) is 6. The lowest BCUT2D eigenvalue weighted by atomic mass is 10.1. The second-order valence-corrected chi connectivity index (χ2v) is 8.52. The van der Waals surface area contributed by atoms with Crippen molar-refractivity contribution >= 4 is 46.3 Å². The molecule has 1 saturated carbocycles. The number of hydrogen-bond donors (Lipinski definition) is 2. The highest BCUT2D eigenvalue weighted by molar-refractivity contribution is 6.35. The predicted octanol–water partition coefficient (Wildman–Crippen LogP) is 3.41. The van der Waals surface area contributed by atoms with E-state index >= 15 is 4.39 Å². The number of fused-ring (bicyclic) bond motifs is 2. The maximum Gasteiger partial charge on any atom is 0.219 e. The number of aromatic nitrogens is 5. The molecule has 1 aromatic carbocycles. The van der Waals surface area contributed by atoms with Crippen molar-refractivity contribution in [2.75, 3.05) is 18.4 Å². The summed E-state index contributed by atoms with van der Waals surface area (Å²) in [5.41, 5.74) is 1.56. The van der Waals surface area contributed by atoms with Gasteiger partial charge in [-0.3, -0.25) is 19.7 Å². The van der Waals surface area contributed by atoms with Gasteiger partial charge in [-0.1, -0.05) is 30.9 Å². The maximum atomic E-state index is 15.3. The Hall–Kier alpha value is -3.73. The van der Waals surface area contributed by atoms with E-state index in [1.807, 2.05) is 0 Å². The summed E-state index contributed by atoms with van der Waals surface area (Å²) in [5, 5.41) is 9.62. The zero-order valence-electron chi connectivity index (χ0n) is 18.2. The van der Waals surface area contributed by atoms with Gasteiger partial charge in [-0.2, -0.15) is 5.10 Å². The summed E-state index contributed by atoms with van der Waals surface area (Å²) in [7, 11) is 0. The van der Waals surface area contributed by atoms with Gasteiger partial charge in [0, 0.05) is 24.1 Å². The Morgan fingerprint density at radius 2 is 2.06 bits per heavy atom. The average Bonchev–Trinajstić information content (AvgIpc) is 3.50. The number of aromatic amines is 1. The first kappa shape index (κ1) is 22.1. The quantitative estimate of drug-likeness (QED) is 0.418. The van der Waals surface area contributed by atoms with Crippen molar-refractivity contribution in [3.63, 3.8) is 0 Å². The van der Waals surface area contributed by atoms with Gasteiger partial charge in [0.05, 0.1) is 42.4 Å². The number of benzene rings is 1. The van der Waals surface area contributed by atoms with Crippen LogP contribution in [0.15, 0.2) is 24.8 Å². The summed E-state index contributed by atoms with van der Waals surface area (Å²) in [5.74, 6) is -0.502. The summed E-state index contributed by atoms with van der Waals surface area (Å²) in [6.07, 6.45) is 10.9. The molecule has 2 N–H and O–H groups in total. The molecule has 1 aliphatic heterocycles. The first-order valence-corrected chi connectivity index (χ1v) is 11.2. The van der Waals surface area contributed by atoms with Gasteiger partial charge >= 0.3 is 0 Å². The molecular weight excluding hydrogens is 465 g/mol. The summed E-state index contributed by atoms with van der Waals surface area (Å²) >= 11 is 6.41. The number of H-pyrrole nitrogens is 1. The lowest BCUT2D eigenvalue weighted by Gasteiger charge is -2.38. The van der Waals surface area contributed by atoms with E-state index in [1.54, 1.807) is 21.7 Å². The van der Waals surface area contributed by atoms with Gasteiger partial charge in [-0.25, -0.2) is 9.37 Å². The number of nitrogens with zero attached hydrogens (tertiary/aromatic N) is 5. The normalized spacial score (nSPS) is 15.0. The molecule has 0 atom stereocenters. The predicted molar refractivity (Wildman–Crippen MR) is 123 cm³/mol. The number of imidazole rings is 1. The highest BCUT2D eigenvalue weighted by atomic mass is 35.5. The van der Waals surface area contributed by atoms with Crippen molar-refractivity contribution in [3.8, 4) is 17.0 Å². The summed E-state index contributed by atoms with van der Waals surface area (Å²) in [4.78, 5) is 32.2. The first-order chi connectivity index (χ1) is 16.5. The fourth-order valence-electron chi connectivity index (χ4n) is 3.54. The number of amides is 2. The van der Waals surface area contributed by atoms with Crippen LogP contribution in [0.1, 0.15) is 26.2 Å². The molecule has 2 fully saturated rings. The van der Waals surface area contributed by atoms with Crippen molar-refractivity contribution in [3.05, 3.63) is 35.6 Å². The van der Waals surface area contributed by atoms with Crippen LogP contribution in [-0.2, 0) is 9.59 Å². The monoisotopic (exact) mass is 485 g/mol. The van der Waals surface area contributed by atoms with Gasteiger partial charge < -0.3 is 19.4 Å². The molecule has 3 aromatic heterocycles. The Bertz CT molecular complexity index is 1390. The molecule has 12 heteroatoms. The topological polar surface area (TPSA) is 118 Å². The van der Waals surface area contributed by atoms with Crippen molar-refractivity contribution in [2.45, 2.75) is 32.3 Å². The molecule has 2 aliphatic rings. The Balaban J connectivity index is 0.000000745. The zero-order chi connectivity index (χ0) is 23.8. The molecular formula is C22H21ClFN7O3. The Morgan fingerprint density at radius 3 is 2.74 bits per heavy atom. The molecule has 2 amide bonds. The van der Waals surface area contributed by atoms with Crippen molar-refractivity contribution in [1.29, 1.82) is 0 Å². The van der Waals surface area contributed by atoms with Gasteiger partial charge in [0.2, 0.25) is 12.3 Å². The number of nitrogens with one attached hydrogen (secondary N) is 2. The number of likely N-dealkylation sites (tertiary alicyclic amines) is 1. The third-order valence-electron chi connectivity index (χ3n) is 5.48. The van der Waals surface area contributed by atoms with E-state index in [0.717, 1.165) is 0 Å². The molecule has 0 unspecified atom stereocenters. The molecule has 6 rings (SSSR count). The van der Waals surface area contributed by atoms with Crippen LogP contribution in [-0.4, -0.2) is 61.0 Å². The molecule has 34 heavy (non-hydrogen) atoms. The third-order valence-corrected chi connectivity index (χ3v) is 5.84. The van der Waals surface area contributed by atoms with Crippen LogP contribution in [0.25, 0.3) is 27.8 Å². The zero-order valence-corrected chi connectivity index (χ0v) is 19.0. The number of carbonyl (C=O) groups excluding carboxylic acids is 2. The van der Waals surface area contributed by atoms with Crippen LogP contribution in [0.2, 0.25) is 5.02 Å². The van der Waals surface area contributed by atoms with Crippen molar-refractivity contribution < 1.29 is 18.7 Å². The lowest BCUT2D eigenvalue weighted by Crippen LogP contribution is -2.55. The maximum absolute atomic E-state index is 15.3. The van der Waals surface area contributed by atoms with Gasteiger partial charge in [0.15, 0.2) is 23.0 Å². The highest BCUT2D eigenvalue weighted by Gasteiger charge is 2.33. The molecule has 0 spiro atoms. The number of rotatable bonds is 5. The summed E-state index contributed by atoms with van der Waals surface area (Å²) < 4.78 is 22.7. The van der Waals surface area contributed by atoms with Crippen molar-refractivity contribution in [2.24, 2.45) is 0 Å². The van der Waals surface area contributed by atoms with Crippen LogP contribution >= 0.6 is 11.6 Å². The Morgan fingerprint density at radius 1 is 1.29 bits per heavy atom. The molecule has 4 aromatic rings. The minimum atomic E-state index is -0.745. The second-order valence-electron chi connectivity index (χ2n) is 8.14. The first-order valence-electron chi connectivity index (χ1n) is 10.8. The summed E-state index contributed by atoms with van der Waals surface area (Å²) in [6.45, 7) is 2.22. The third kappa shape index (κ3) is 4.14. The molecule has 0 bridgehead atoms. The minimum Gasteiger partial charge on any atom is -0.481 e. The summed E-state index contributed by atoms with van der Waals surface area (Å²) in [6, 6.07) is 0.